The van der Waals surface area contributed by atoms with Crippen LogP contribution in [0.4, 0.5) is 4.39 Å². The number of benzene rings is 1. The third-order valence-electron chi connectivity index (χ3n) is 3.20. The molecule has 0 saturated heterocycles. The van der Waals surface area contributed by atoms with E-state index in [-0.39, 0.29) is 11.7 Å². The van der Waals surface area contributed by atoms with Crippen molar-refractivity contribution in [2.75, 3.05) is 11.9 Å². The first-order valence-corrected chi connectivity index (χ1v) is 7.81. The summed E-state index contributed by atoms with van der Waals surface area (Å²) in [5.74, 6) is -0.0589. The van der Waals surface area contributed by atoms with Crippen molar-refractivity contribution in [3.05, 3.63) is 35.1 Å². The van der Waals surface area contributed by atoms with Crippen LogP contribution in [0.2, 0.25) is 0 Å². The molecule has 19 heavy (non-hydrogen) atoms. The third kappa shape index (κ3) is 5.31. The molecule has 0 saturated carbocycles. The van der Waals surface area contributed by atoms with E-state index in [1.165, 1.54) is 6.07 Å². The second-order valence-corrected chi connectivity index (χ2v) is 5.60. The molecule has 0 heterocycles. The van der Waals surface area contributed by atoms with Gasteiger partial charge in [0.25, 0.3) is 5.91 Å². The van der Waals surface area contributed by atoms with Crippen LogP contribution in [-0.2, 0) is 0 Å². The Morgan fingerprint density at radius 1 is 1.42 bits per heavy atom. The van der Waals surface area contributed by atoms with E-state index in [2.05, 4.69) is 28.2 Å². The van der Waals surface area contributed by atoms with E-state index in [4.69, 9.17) is 0 Å². The Morgan fingerprint density at radius 2 is 2.16 bits per heavy atom. The van der Waals surface area contributed by atoms with Crippen LogP contribution in [0.3, 0.4) is 0 Å². The normalized spacial score (nSPS) is 12.2. The number of nitrogens with one attached hydrogen (secondary N) is 1. The molecule has 0 aliphatic heterocycles. The molecule has 0 radical (unpaired) electrons. The fourth-order valence-corrected chi connectivity index (χ4v) is 2.63. The van der Waals surface area contributed by atoms with E-state index in [1.54, 1.807) is 19.1 Å². The van der Waals surface area contributed by atoms with E-state index in [9.17, 15) is 9.18 Å². The Hall–Kier alpha value is -0.900. The minimum absolute atomic E-state index is 0.199. The van der Waals surface area contributed by atoms with Gasteiger partial charge in [-0.05, 0) is 43.4 Å². The number of amides is 1. The summed E-state index contributed by atoms with van der Waals surface area (Å²) in [5.41, 5.74) is 0.942. The number of carbonyl (C=O) groups excluding carboxylic acids is 1. The monoisotopic (exact) mass is 329 g/mol. The molecule has 0 bridgehead atoms. The Kier molecular flexibility index (Phi) is 7.06. The number of halogens is 2. The average molecular weight is 330 g/mol. The van der Waals surface area contributed by atoms with Crippen LogP contribution in [0.1, 0.15) is 42.1 Å². The van der Waals surface area contributed by atoms with Crippen LogP contribution in [0.25, 0.3) is 0 Å². The molecule has 106 valence electrons. The second kappa shape index (κ2) is 8.31. The fourth-order valence-electron chi connectivity index (χ4n) is 1.98. The molecule has 1 atom stereocenters. The van der Waals surface area contributed by atoms with Gasteiger partial charge in [-0.2, -0.15) is 0 Å². The van der Waals surface area contributed by atoms with Crippen LogP contribution >= 0.6 is 15.9 Å². The summed E-state index contributed by atoms with van der Waals surface area (Å²) in [7, 11) is 0. The first-order chi connectivity index (χ1) is 9.08. The van der Waals surface area contributed by atoms with Crippen molar-refractivity contribution in [3.63, 3.8) is 0 Å². The van der Waals surface area contributed by atoms with Gasteiger partial charge in [-0.15, -0.1) is 0 Å². The molecule has 1 aromatic carbocycles. The Bertz CT molecular complexity index is 417. The predicted molar refractivity (Wildman–Crippen MR) is 80.3 cm³/mol. The Labute approximate surface area is 122 Å². The zero-order valence-electron chi connectivity index (χ0n) is 11.5. The number of alkyl halides is 1. The molecule has 0 aliphatic rings. The van der Waals surface area contributed by atoms with Crippen molar-refractivity contribution in [2.24, 2.45) is 5.92 Å². The summed E-state index contributed by atoms with van der Waals surface area (Å²) in [5, 5.41) is 3.83. The Morgan fingerprint density at radius 3 is 2.74 bits per heavy atom. The van der Waals surface area contributed by atoms with Gasteiger partial charge in [0.05, 0.1) is 0 Å². The largest absolute Gasteiger partial charge is 0.352 e. The molecule has 4 heteroatoms. The molecule has 1 N–H and O–H groups in total. The van der Waals surface area contributed by atoms with Crippen molar-refractivity contribution in [3.8, 4) is 0 Å². The van der Waals surface area contributed by atoms with Crippen molar-refractivity contribution in [2.45, 2.75) is 33.1 Å². The van der Waals surface area contributed by atoms with Gasteiger partial charge < -0.3 is 5.32 Å². The Balaban J connectivity index is 2.56. The number of aryl methyl sites for hydroxylation is 1. The van der Waals surface area contributed by atoms with E-state index in [1.807, 2.05) is 0 Å². The molecule has 0 aliphatic carbocycles. The smallest absolute Gasteiger partial charge is 0.251 e. The summed E-state index contributed by atoms with van der Waals surface area (Å²) < 4.78 is 13.4. The number of carbonyl (C=O) groups is 1. The van der Waals surface area contributed by atoms with Gasteiger partial charge in [-0.25, -0.2) is 4.39 Å². The first-order valence-electron chi connectivity index (χ1n) is 6.68. The third-order valence-corrected chi connectivity index (χ3v) is 3.66. The molecule has 2 nitrogen and oxygen atoms in total. The minimum Gasteiger partial charge on any atom is -0.352 e. The van der Waals surface area contributed by atoms with Crippen molar-refractivity contribution < 1.29 is 9.18 Å². The van der Waals surface area contributed by atoms with E-state index >= 15 is 0 Å². The molecule has 1 amide bonds. The van der Waals surface area contributed by atoms with Gasteiger partial charge >= 0.3 is 0 Å². The van der Waals surface area contributed by atoms with Crippen LogP contribution in [0.5, 0.6) is 0 Å². The summed E-state index contributed by atoms with van der Waals surface area (Å²) in [6.07, 6.45) is 3.23. The summed E-state index contributed by atoms with van der Waals surface area (Å²) in [4.78, 5) is 11.9. The maximum atomic E-state index is 13.4. The van der Waals surface area contributed by atoms with Crippen LogP contribution in [0.15, 0.2) is 18.2 Å². The highest BCUT2D eigenvalue weighted by Crippen LogP contribution is 2.13. The lowest BCUT2D eigenvalue weighted by Gasteiger charge is -2.15. The average Bonchev–Trinajstić information content (AvgIpc) is 2.39. The van der Waals surface area contributed by atoms with Crippen LogP contribution in [-0.4, -0.2) is 17.8 Å². The van der Waals surface area contributed by atoms with Crippen molar-refractivity contribution in [1.29, 1.82) is 0 Å². The van der Waals surface area contributed by atoms with Gasteiger partial charge in [0.1, 0.15) is 5.82 Å². The predicted octanol–water partition coefficient (Wildman–Crippen LogP) is 4.07. The molecular weight excluding hydrogens is 309 g/mol. The highest BCUT2D eigenvalue weighted by atomic mass is 79.9. The minimum atomic E-state index is -0.335. The summed E-state index contributed by atoms with van der Waals surface area (Å²) in [6.45, 7) is 4.47. The highest BCUT2D eigenvalue weighted by Gasteiger charge is 2.11. The molecule has 0 spiro atoms. The molecule has 1 unspecified atom stereocenters. The lowest BCUT2D eigenvalue weighted by Crippen LogP contribution is -2.29. The zero-order valence-corrected chi connectivity index (χ0v) is 13.1. The topological polar surface area (TPSA) is 29.1 Å². The molecule has 0 fully saturated rings. The van der Waals surface area contributed by atoms with E-state index < -0.39 is 0 Å². The molecule has 1 rings (SSSR count). The van der Waals surface area contributed by atoms with Gasteiger partial charge in [-0.1, -0.05) is 35.3 Å². The highest BCUT2D eigenvalue weighted by molar-refractivity contribution is 9.09. The number of hydrogen-bond acceptors (Lipinski definition) is 1. The molecular formula is C15H21BrFNO. The summed E-state index contributed by atoms with van der Waals surface area (Å²) >= 11 is 3.43. The number of hydrogen-bond donors (Lipinski definition) is 1. The fraction of sp³-hybridized carbons (Fsp3) is 0.533. The van der Waals surface area contributed by atoms with Crippen molar-refractivity contribution in [1.82, 2.24) is 5.32 Å². The molecule has 1 aromatic rings. The second-order valence-electron chi connectivity index (χ2n) is 4.81. The number of rotatable bonds is 7. The van der Waals surface area contributed by atoms with Crippen LogP contribution in [0, 0.1) is 18.7 Å². The SMILES string of the molecule is CCCC(CCBr)CNC(=O)c1ccc(C)c(F)c1. The standard InChI is InChI=1S/C15H21BrFNO/c1-3-4-12(7-8-16)10-18-15(19)13-6-5-11(2)14(17)9-13/h5-6,9,12H,3-4,7-8,10H2,1-2H3,(H,18,19). The van der Waals surface area contributed by atoms with Crippen molar-refractivity contribution >= 4 is 21.8 Å². The first kappa shape index (κ1) is 16.2. The van der Waals surface area contributed by atoms with Gasteiger partial charge in [-0.3, -0.25) is 4.79 Å². The van der Waals surface area contributed by atoms with Gasteiger partial charge in [0.2, 0.25) is 0 Å². The quantitative estimate of drug-likeness (QED) is 0.751. The molecule has 0 aromatic heterocycles. The lowest BCUT2D eigenvalue weighted by molar-refractivity contribution is 0.0945. The van der Waals surface area contributed by atoms with Gasteiger partial charge in [0, 0.05) is 17.4 Å². The zero-order chi connectivity index (χ0) is 14.3. The van der Waals surface area contributed by atoms with E-state index in [0.29, 0.717) is 23.6 Å². The summed E-state index contributed by atoms with van der Waals surface area (Å²) in [6, 6.07) is 4.59. The maximum Gasteiger partial charge on any atom is 0.251 e. The van der Waals surface area contributed by atoms with E-state index in [0.717, 1.165) is 24.6 Å². The maximum absolute atomic E-state index is 13.4. The van der Waals surface area contributed by atoms with Crippen LogP contribution < -0.4 is 5.32 Å². The van der Waals surface area contributed by atoms with Gasteiger partial charge in [0.15, 0.2) is 0 Å². The lowest BCUT2D eigenvalue weighted by atomic mass is 10.0.